The van der Waals surface area contributed by atoms with E-state index in [2.05, 4.69) is 17.2 Å². The van der Waals surface area contributed by atoms with Crippen LogP contribution in [0.1, 0.15) is 16.8 Å². The monoisotopic (exact) mass is 340 g/mol. The van der Waals surface area contributed by atoms with Gasteiger partial charge in [0, 0.05) is 23.6 Å². The summed E-state index contributed by atoms with van der Waals surface area (Å²) in [5, 5.41) is 5.53. The lowest BCUT2D eigenvalue weighted by Crippen LogP contribution is -2.25. The van der Waals surface area contributed by atoms with E-state index in [-0.39, 0.29) is 11.8 Å². The molecule has 0 radical (unpaired) electrons. The molecule has 0 aliphatic heterocycles. The van der Waals surface area contributed by atoms with Crippen molar-refractivity contribution in [1.29, 1.82) is 0 Å². The third-order valence-corrected chi connectivity index (χ3v) is 4.21. The molecule has 2 aromatic rings. The number of amides is 2. The minimum atomic E-state index is -0.232. The van der Waals surface area contributed by atoms with E-state index in [1.165, 1.54) is 0 Å². The molecule has 0 saturated carbocycles. The van der Waals surface area contributed by atoms with Gasteiger partial charge in [-0.25, -0.2) is 0 Å². The van der Waals surface area contributed by atoms with Gasteiger partial charge in [-0.1, -0.05) is 36.4 Å². The van der Waals surface area contributed by atoms with Crippen molar-refractivity contribution in [2.45, 2.75) is 11.3 Å². The number of hydrogen-bond acceptors (Lipinski definition) is 3. The van der Waals surface area contributed by atoms with Crippen molar-refractivity contribution in [2.75, 3.05) is 17.6 Å². The molecule has 2 aromatic carbocycles. The fourth-order valence-electron chi connectivity index (χ4n) is 2.04. The Hall–Kier alpha value is -2.53. The van der Waals surface area contributed by atoms with Gasteiger partial charge in [0.05, 0.1) is 11.3 Å². The molecule has 0 bridgehead atoms. The van der Waals surface area contributed by atoms with Crippen LogP contribution in [0.15, 0.2) is 72.1 Å². The maximum atomic E-state index is 12.1. The van der Waals surface area contributed by atoms with E-state index in [0.717, 1.165) is 4.90 Å². The Kier molecular flexibility index (Phi) is 7.11. The molecule has 0 aliphatic rings. The number of carbonyl (C=O) groups excluding carboxylic acids is 2. The summed E-state index contributed by atoms with van der Waals surface area (Å²) in [6.45, 7) is 3.95. The number of rotatable bonds is 8. The molecule has 0 unspecified atom stereocenters. The summed E-state index contributed by atoms with van der Waals surface area (Å²) in [6.07, 6.45) is 1.99. The molecule has 0 saturated heterocycles. The van der Waals surface area contributed by atoms with Gasteiger partial charge >= 0.3 is 0 Å². The molecule has 0 fully saturated rings. The first-order chi connectivity index (χ1) is 11.7. The molecule has 124 valence electrons. The van der Waals surface area contributed by atoms with Crippen LogP contribution in [0.2, 0.25) is 0 Å². The number of thioether (sulfide) groups is 1. The highest BCUT2D eigenvalue weighted by Crippen LogP contribution is 2.19. The molecule has 4 nitrogen and oxygen atoms in total. The van der Waals surface area contributed by atoms with Gasteiger partial charge in [0.25, 0.3) is 5.91 Å². The second kappa shape index (κ2) is 9.57. The number of anilines is 1. The van der Waals surface area contributed by atoms with Crippen LogP contribution in [0.25, 0.3) is 0 Å². The molecule has 0 atom stereocenters. The number of carbonyl (C=O) groups is 2. The highest BCUT2D eigenvalue weighted by atomic mass is 32.2. The first-order valence-corrected chi connectivity index (χ1v) is 8.65. The minimum Gasteiger partial charge on any atom is -0.349 e. The zero-order chi connectivity index (χ0) is 17.2. The van der Waals surface area contributed by atoms with Gasteiger partial charge in [-0.15, -0.1) is 18.3 Å². The summed E-state index contributed by atoms with van der Waals surface area (Å²) >= 11 is 1.63. The Balaban J connectivity index is 1.89. The lowest BCUT2D eigenvalue weighted by molar-refractivity contribution is -0.115. The minimum absolute atomic E-state index is 0.109. The van der Waals surface area contributed by atoms with Gasteiger partial charge in [-0.05, 0) is 24.3 Å². The van der Waals surface area contributed by atoms with E-state index in [0.29, 0.717) is 30.0 Å². The van der Waals surface area contributed by atoms with Crippen LogP contribution >= 0.6 is 11.8 Å². The summed E-state index contributed by atoms with van der Waals surface area (Å²) in [7, 11) is 0. The third kappa shape index (κ3) is 5.59. The summed E-state index contributed by atoms with van der Waals surface area (Å²) in [6, 6.07) is 16.9. The molecule has 0 aliphatic carbocycles. The van der Waals surface area contributed by atoms with Crippen molar-refractivity contribution in [2.24, 2.45) is 0 Å². The molecule has 24 heavy (non-hydrogen) atoms. The maximum absolute atomic E-state index is 12.1. The molecule has 0 spiro atoms. The molecule has 5 heteroatoms. The van der Waals surface area contributed by atoms with Gasteiger partial charge < -0.3 is 10.6 Å². The summed E-state index contributed by atoms with van der Waals surface area (Å²) in [5.41, 5.74) is 0.970. The van der Waals surface area contributed by atoms with Crippen LogP contribution < -0.4 is 10.6 Å². The highest BCUT2D eigenvalue weighted by Gasteiger charge is 2.12. The average Bonchev–Trinajstić information content (AvgIpc) is 2.61. The van der Waals surface area contributed by atoms with Crippen LogP contribution in [0, 0.1) is 0 Å². The van der Waals surface area contributed by atoms with Gasteiger partial charge in [0.15, 0.2) is 0 Å². The second-order valence-electron chi connectivity index (χ2n) is 5.00. The van der Waals surface area contributed by atoms with Crippen molar-refractivity contribution in [3.8, 4) is 0 Å². The maximum Gasteiger partial charge on any atom is 0.253 e. The quantitative estimate of drug-likeness (QED) is 0.569. The number of benzene rings is 2. The van der Waals surface area contributed by atoms with Gasteiger partial charge in [-0.2, -0.15) is 0 Å². The first-order valence-electron chi connectivity index (χ1n) is 7.66. The topological polar surface area (TPSA) is 58.2 Å². The SMILES string of the molecule is C=CCNC(=O)c1ccccc1NC(=O)CCSc1ccccc1. The van der Waals surface area contributed by atoms with Crippen molar-refractivity contribution in [3.63, 3.8) is 0 Å². The predicted octanol–water partition coefficient (Wildman–Crippen LogP) is 3.72. The lowest BCUT2D eigenvalue weighted by Gasteiger charge is -2.10. The van der Waals surface area contributed by atoms with E-state index in [1.54, 1.807) is 42.1 Å². The zero-order valence-electron chi connectivity index (χ0n) is 13.3. The standard InChI is InChI=1S/C19H20N2O2S/c1-2-13-20-19(23)16-10-6-7-11-17(16)21-18(22)12-14-24-15-8-4-3-5-9-15/h2-11H,1,12-14H2,(H,20,23)(H,21,22). The van der Waals surface area contributed by atoms with Gasteiger partial charge in [0.1, 0.15) is 0 Å². The normalized spacial score (nSPS) is 10.0. The number of hydrogen-bond donors (Lipinski definition) is 2. The van der Waals surface area contributed by atoms with Crippen molar-refractivity contribution in [3.05, 3.63) is 72.8 Å². The molecule has 2 rings (SSSR count). The fraction of sp³-hybridized carbons (Fsp3) is 0.158. The van der Waals surface area contributed by atoms with Crippen LogP contribution in [-0.2, 0) is 4.79 Å². The third-order valence-electron chi connectivity index (χ3n) is 3.19. The van der Waals surface area contributed by atoms with Gasteiger partial charge in [-0.3, -0.25) is 9.59 Å². The Morgan fingerprint density at radius 2 is 1.75 bits per heavy atom. The lowest BCUT2D eigenvalue weighted by atomic mass is 10.1. The van der Waals surface area contributed by atoms with E-state index >= 15 is 0 Å². The van der Waals surface area contributed by atoms with Crippen LogP contribution in [-0.4, -0.2) is 24.1 Å². The van der Waals surface area contributed by atoms with Crippen LogP contribution in [0.4, 0.5) is 5.69 Å². The molecule has 0 heterocycles. The van der Waals surface area contributed by atoms with Gasteiger partial charge in [0.2, 0.25) is 5.91 Å². The smallest absolute Gasteiger partial charge is 0.253 e. The zero-order valence-corrected chi connectivity index (χ0v) is 14.1. The Morgan fingerprint density at radius 3 is 2.50 bits per heavy atom. The van der Waals surface area contributed by atoms with E-state index in [1.807, 2.05) is 30.3 Å². The number of nitrogens with one attached hydrogen (secondary N) is 2. The summed E-state index contributed by atoms with van der Waals surface area (Å²) in [4.78, 5) is 25.3. The van der Waals surface area contributed by atoms with Crippen LogP contribution in [0.5, 0.6) is 0 Å². The second-order valence-corrected chi connectivity index (χ2v) is 6.17. The summed E-state index contributed by atoms with van der Waals surface area (Å²) < 4.78 is 0. The molecular formula is C19H20N2O2S. The molecule has 2 N–H and O–H groups in total. The Labute approximate surface area is 146 Å². The molecular weight excluding hydrogens is 320 g/mol. The molecule has 2 amide bonds. The molecule has 0 aromatic heterocycles. The highest BCUT2D eigenvalue weighted by molar-refractivity contribution is 7.99. The first kappa shape index (κ1) is 17.8. The predicted molar refractivity (Wildman–Crippen MR) is 99.4 cm³/mol. The Bertz CT molecular complexity index is 702. The van der Waals surface area contributed by atoms with Crippen LogP contribution in [0.3, 0.4) is 0 Å². The fourth-order valence-corrected chi connectivity index (χ4v) is 2.91. The average molecular weight is 340 g/mol. The van der Waals surface area contributed by atoms with Crippen molar-refractivity contribution < 1.29 is 9.59 Å². The Morgan fingerprint density at radius 1 is 1.04 bits per heavy atom. The van der Waals surface area contributed by atoms with E-state index in [9.17, 15) is 9.59 Å². The number of para-hydroxylation sites is 1. The van der Waals surface area contributed by atoms with E-state index in [4.69, 9.17) is 0 Å². The van der Waals surface area contributed by atoms with Crippen molar-refractivity contribution >= 4 is 29.3 Å². The van der Waals surface area contributed by atoms with Crippen molar-refractivity contribution in [1.82, 2.24) is 5.32 Å². The largest absolute Gasteiger partial charge is 0.349 e. The van der Waals surface area contributed by atoms with E-state index < -0.39 is 0 Å². The summed E-state index contributed by atoms with van der Waals surface area (Å²) in [5.74, 6) is 0.340.